The van der Waals surface area contributed by atoms with Crippen LogP contribution in [0, 0.1) is 17.8 Å². The average molecular weight is 677 g/mol. The number of ketones is 2. The number of unbranched alkanes of at least 4 members (excludes halogenated alkanes) is 2. The third-order valence-electron chi connectivity index (χ3n) is 8.30. The number of carbonyl (C=O) groups is 5. The summed E-state index contributed by atoms with van der Waals surface area (Å²) in [7, 11) is 1.42. The number of fused-ring (bicyclic) bond motifs is 3. The number of phenols is 1. The molecule has 1 heterocycles. The number of allylic oxidation sites excluding steroid dienone is 6. The molecule has 11 heteroatoms. The van der Waals surface area contributed by atoms with Crippen molar-refractivity contribution in [3.8, 4) is 11.5 Å². The number of nitrogens with zero attached hydrogens (tertiary/aromatic N) is 1. The minimum Gasteiger partial charge on any atom is -0.503 e. The van der Waals surface area contributed by atoms with Crippen molar-refractivity contribution in [2.24, 2.45) is 17.8 Å². The molecule has 0 radical (unpaired) electrons. The Balaban J connectivity index is 1.53. The van der Waals surface area contributed by atoms with E-state index in [1.165, 1.54) is 18.1 Å². The summed E-state index contributed by atoms with van der Waals surface area (Å²) in [5, 5.41) is 19.3. The second-order valence-corrected chi connectivity index (χ2v) is 12.2. The van der Waals surface area contributed by atoms with Crippen LogP contribution < -0.4 is 4.74 Å². The summed E-state index contributed by atoms with van der Waals surface area (Å²) in [5.74, 6) is -4.33. The van der Waals surface area contributed by atoms with Gasteiger partial charge in [-0.15, -0.1) is 0 Å². The van der Waals surface area contributed by atoms with Crippen molar-refractivity contribution in [1.82, 2.24) is 4.90 Å². The summed E-state index contributed by atoms with van der Waals surface area (Å²) in [5.41, 5.74) is 2.07. The number of Topliss-reactive ketones (excluding diaryl/α,β-unsaturated/α-hetero) is 1. The zero-order chi connectivity index (χ0) is 28.9. The van der Waals surface area contributed by atoms with Crippen molar-refractivity contribution < 1.29 is 38.9 Å². The molecule has 1 aromatic carbocycles. The van der Waals surface area contributed by atoms with Crippen LogP contribution in [0.3, 0.4) is 0 Å². The topological polar surface area (TPSA) is 138 Å². The lowest BCUT2D eigenvalue weighted by atomic mass is 9.59. The van der Waals surface area contributed by atoms with Gasteiger partial charge in [-0.25, -0.2) is 0 Å². The first-order chi connectivity index (χ1) is 19.0. The molecule has 1 aromatic rings. The molecule has 1 saturated heterocycles. The van der Waals surface area contributed by atoms with Gasteiger partial charge in [-0.3, -0.25) is 28.9 Å². The first-order valence-electron chi connectivity index (χ1n) is 13.1. The van der Waals surface area contributed by atoms with E-state index in [9.17, 15) is 29.1 Å². The van der Waals surface area contributed by atoms with E-state index in [0.29, 0.717) is 46.9 Å². The number of carboxylic acids is 1. The Bertz CT molecular complexity index is 1440. The molecule has 1 aliphatic heterocycles. The number of halogens is 2. The number of ether oxygens (including phenoxy) is 1. The van der Waals surface area contributed by atoms with Gasteiger partial charge in [0.2, 0.25) is 11.8 Å². The van der Waals surface area contributed by atoms with Crippen molar-refractivity contribution in [2.75, 3.05) is 13.7 Å². The van der Waals surface area contributed by atoms with Crippen molar-refractivity contribution in [3.63, 3.8) is 0 Å². The van der Waals surface area contributed by atoms with Crippen molar-refractivity contribution in [3.05, 3.63) is 55.5 Å². The maximum absolute atomic E-state index is 13.7. The fourth-order valence-electron chi connectivity index (χ4n) is 6.51. The zero-order valence-electron chi connectivity index (χ0n) is 21.6. The minimum absolute atomic E-state index is 0.0379. The number of hydrogen-bond donors (Lipinski definition) is 2. The van der Waals surface area contributed by atoms with Crippen LogP contribution in [0.5, 0.6) is 11.5 Å². The Morgan fingerprint density at radius 1 is 1.07 bits per heavy atom. The van der Waals surface area contributed by atoms with E-state index in [1.807, 2.05) is 6.08 Å². The lowest BCUT2D eigenvalue weighted by molar-refractivity contribution is -0.141. The number of methoxy groups -OCH3 is 1. The fourth-order valence-corrected chi connectivity index (χ4v) is 7.42. The molecule has 0 spiro atoms. The van der Waals surface area contributed by atoms with E-state index in [2.05, 4.69) is 31.9 Å². The summed E-state index contributed by atoms with van der Waals surface area (Å²) in [6.07, 6.45) is 5.29. The first-order valence-corrected chi connectivity index (χ1v) is 14.7. The quantitative estimate of drug-likeness (QED) is 0.177. The van der Waals surface area contributed by atoms with Gasteiger partial charge in [-0.1, -0.05) is 18.1 Å². The van der Waals surface area contributed by atoms with Crippen LogP contribution in [0.2, 0.25) is 0 Å². The number of rotatable bonds is 8. The Hall–Kier alpha value is -3.05. The molecule has 4 unspecified atom stereocenters. The number of phenolic OH excluding ortho intramolecular Hbond substituents is 1. The largest absolute Gasteiger partial charge is 0.503 e. The average Bonchev–Trinajstić information content (AvgIpc) is 3.16. The van der Waals surface area contributed by atoms with Gasteiger partial charge >= 0.3 is 5.97 Å². The highest BCUT2D eigenvalue weighted by Gasteiger charge is 2.56. The summed E-state index contributed by atoms with van der Waals surface area (Å²) < 4.78 is 5.86. The van der Waals surface area contributed by atoms with Crippen LogP contribution in [0.4, 0.5) is 0 Å². The second kappa shape index (κ2) is 11.1. The molecule has 5 rings (SSSR count). The van der Waals surface area contributed by atoms with Crippen molar-refractivity contribution >= 4 is 61.2 Å². The maximum atomic E-state index is 13.7. The van der Waals surface area contributed by atoms with Gasteiger partial charge in [0, 0.05) is 36.1 Å². The molecule has 9 nitrogen and oxygen atoms in total. The van der Waals surface area contributed by atoms with Gasteiger partial charge in [0.15, 0.2) is 23.1 Å². The number of carbonyl (C=O) groups excluding carboxylic acids is 4. The Kier molecular flexibility index (Phi) is 7.89. The fraction of sp³-hybridized carbons (Fsp3) is 0.414. The van der Waals surface area contributed by atoms with Crippen LogP contribution >= 0.6 is 31.9 Å². The van der Waals surface area contributed by atoms with E-state index >= 15 is 0 Å². The SMILES string of the molecule is COc1cc(C2C3=CCC4C(=O)N(CCCCCC(=O)O)C(=O)C4C3CC3=C2C(=O)C=C(Br)C3=O)cc(Br)c1O. The van der Waals surface area contributed by atoms with Gasteiger partial charge in [0.25, 0.3) is 0 Å². The molecule has 3 aliphatic carbocycles. The molecule has 0 aromatic heterocycles. The monoisotopic (exact) mass is 675 g/mol. The second-order valence-electron chi connectivity index (χ2n) is 10.5. The molecule has 0 saturated carbocycles. The molecular weight excluding hydrogens is 650 g/mol. The van der Waals surface area contributed by atoms with Crippen LogP contribution in [0.25, 0.3) is 0 Å². The van der Waals surface area contributed by atoms with E-state index in [1.54, 1.807) is 12.1 Å². The number of aliphatic carboxylic acids is 1. The predicted molar refractivity (Wildman–Crippen MR) is 150 cm³/mol. The molecule has 2 N–H and O–H groups in total. The first kappa shape index (κ1) is 28.5. The summed E-state index contributed by atoms with van der Waals surface area (Å²) in [6.45, 7) is 0.220. The highest BCUT2D eigenvalue weighted by Crippen LogP contribution is 2.56. The standard InChI is InChI=1S/C29H27Br2NO8/c1-40-21-10-13(9-18(30)27(21)37)23-14-6-7-15-24(16(14)11-17-25(23)20(33)12-19(31)26(17)36)29(39)32(28(15)38)8-4-2-3-5-22(34)35/h6,9-10,12,15-16,23-24,37H,2-5,7-8,11H2,1H3,(H,34,35). The number of imide groups is 1. The molecule has 40 heavy (non-hydrogen) atoms. The predicted octanol–water partition coefficient (Wildman–Crippen LogP) is 4.57. The van der Waals surface area contributed by atoms with E-state index in [-0.39, 0.29) is 58.7 Å². The van der Waals surface area contributed by atoms with Crippen LogP contribution in [0.1, 0.15) is 50.0 Å². The van der Waals surface area contributed by atoms with E-state index in [0.717, 1.165) is 5.57 Å². The summed E-state index contributed by atoms with van der Waals surface area (Å²) in [4.78, 5) is 65.8. The van der Waals surface area contributed by atoms with E-state index in [4.69, 9.17) is 9.84 Å². The smallest absolute Gasteiger partial charge is 0.303 e. The zero-order valence-corrected chi connectivity index (χ0v) is 24.8. The third-order valence-corrected chi connectivity index (χ3v) is 9.49. The highest BCUT2D eigenvalue weighted by molar-refractivity contribution is 9.12. The number of hydrogen-bond acceptors (Lipinski definition) is 7. The highest BCUT2D eigenvalue weighted by atomic mass is 79.9. The number of likely N-dealkylation sites (tertiary alicyclic amines) is 1. The minimum atomic E-state index is -0.881. The van der Waals surface area contributed by atoms with Gasteiger partial charge in [-0.2, -0.15) is 0 Å². The molecule has 210 valence electrons. The van der Waals surface area contributed by atoms with Gasteiger partial charge < -0.3 is 14.9 Å². The molecular formula is C29H27Br2NO8. The third kappa shape index (κ3) is 4.76. The van der Waals surface area contributed by atoms with Crippen LogP contribution in [-0.2, 0) is 24.0 Å². The Labute approximate surface area is 247 Å². The summed E-state index contributed by atoms with van der Waals surface area (Å²) in [6, 6.07) is 3.31. The van der Waals surface area contributed by atoms with E-state index < -0.39 is 29.6 Å². The Morgan fingerprint density at radius 3 is 2.52 bits per heavy atom. The molecule has 2 amide bonds. The molecule has 4 aliphatic rings. The lowest BCUT2D eigenvalue weighted by Crippen LogP contribution is -2.39. The van der Waals surface area contributed by atoms with Crippen LogP contribution in [-0.4, -0.2) is 58.1 Å². The number of aromatic hydroxyl groups is 1. The normalized spacial score (nSPS) is 25.8. The number of benzene rings is 1. The van der Waals surface area contributed by atoms with Gasteiger partial charge in [-0.05, 0) is 81.2 Å². The van der Waals surface area contributed by atoms with Gasteiger partial charge in [0.1, 0.15) is 0 Å². The lowest BCUT2D eigenvalue weighted by Gasteiger charge is -2.42. The molecule has 0 bridgehead atoms. The Morgan fingerprint density at radius 2 is 1.82 bits per heavy atom. The van der Waals surface area contributed by atoms with Crippen LogP contribution in [0.15, 0.2) is 50.0 Å². The maximum Gasteiger partial charge on any atom is 0.303 e. The number of carboxylic acid groups (broad SMARTS) is 1. The van der Waals surface area contributed by atoms with Crippen molar-refractivity contribution in [2.45, 2.75) is 44.4 Å². The molecule has 4 atom stereocenters. The summed E-state index contributed by atoms with van der Waals surface area (Å²) >= 11 is 6.57. The number of amides is 2. The molecule has 1 fully saturated rings. The van der Waals surface area contributed by atoms with Gasteiger partial charge in [0.05, 0.1) is 27.9 Å². The van der Waals surface area contributed by atoms with Crippen molar-refractivity contribution in [1.29, 1.82) is 0 Å².